The van der Waals surface area contributed by atoms with Crippen molar-refractivity contribution in [2.75, 3.05) is 0 Å². The molecule has 2 radical (unpaired) electrons. The van der Waals surface area contributed by atoms with Gasteiger partial charge in [-0.05, 0) is 46.5 Å². The average molecular weight is 759 g/mol. The zero-order chi connectivity index (χ0) is 34.2. The van der Waals surface area contributed by atoms with Gasteiger partial charge in [0.15, 0.2) is 0 Å². The number of hydrogen-bond donors (Lipinski definition) is 0. The molecule has 0 saturated heterocycles. The van der Waals surface area contributed by atoms with Gasteiger partial charge in [0.05, 0.1) is 0 Å². The van der Waals surface area contributed by atoms with Crippen molar-refractivity contribution in [3.63, 3.8) is 0 Å². The summed E-state index contributed by atoms with van der Waals surface area (Å²) in [4.78, 5) is 0. The molecule has 0 N–H and O–H groups in total. The molecular weight excluding hydrogens is 719 g/mol. The Morgan fingerprint density at radius 2 is 0.812 bits per heavy atom. The Labute approximate surface area is 306 Å². The third-order valence-corrected chi connectivity index (χ3v) is 8.38. The van der Waals surface area contributed by atoms with E-state index in [4.69, 9.17) is 17.0 Å². The zero-order valence-electron chi connectivity index (χ0n) is 28.5. The van der Waals surface area contributed by atoms with E-state index in [1.165, 1.54) is 87.6 Å². The van der Waals surface area contributed by atoms with E-state index in [1.54, 1.807) is 0 Å². The van der Waals surface area contributed by atoms with Crippen LogP contribution in [0, 0.1) is 27.7 Å². The molecule has 0 saturated carbocycles. The van der Waals surface area contributed by atoms with Gasteiger partial charge in [0.1, 0.15) is 0 Å². The van der Waals surface area contributed by atoms with Crippen LogP contribution in [0.15, 0.2) is 133 Å². The summed E-state index contributed by atoms with van der Waals surface area (Å²) in [5, 5.41) is 10.6. The van der Waals surface area contributed by atoms with Gasteiger partial charge in [-0.1, -0.05) is 146 Å². The van der Waals surface area contributed by atoms with Crippen molar-refractivity contribution in [2.45, 2.75) is 40.8 Å². The fraction of sp³-hybridized carbons (Fsp3) is 0.136. The Morgan fingerprint density at radius 1 is 0.458 bits per heavy atom. The van der Waals surface area contributed by atoms with E-state index in [2.05, 4.69) is 174 Å². The van der Waals surface area contributed by atoms with E-state index in [9.17, 15) is 0 Å². The molecule has 0 spiro atoms. The summed E-state index contributed by atoms with van der Waals surface area (Å²) in [6.07, 6.45) is 0. The van der Waals surface area contributed by atoms with Crippen molar-refractivity contribution in [2.24, 2.45) is 0 Å². The zero-order valence-corrected chi connectivity index (χ0v) is 33.4. The number of halogens is 2. The predicted molar refractivity (Wildman–Crippen MR) is 213 cm³/mol. The Kier molecular flexibility index (Phi) is 12.7. The molecule has 8 rings (SSSR count). The average Bonchev–Trinajstić information content (AvgIpc) is 3.65. The fourth-order valence-electron chi connectivity index (χ4n) is 6.61. The van der Waals surface area contributed by atoms with Gasteiger partial charge in [-0.3, -0.25) is 0 Å². The van der Waals surface area contributed by atoms with Gasteiger partial charge in [-0.15, -0.1) is 56.9 Å². The van der Waals surface area contributed by atoms with Crippen LogP contribution < -0.4 is 0 Å². The first-order chi connectivity index (χ1) is 23.3. The van der Waals surface area contributed by atoms with Gasteiger partial charge in [0, 0.05) is 9.52 Å². The van der Waals surface area contributed by atoms with Crippen LogP contribution in [0.2, 0.25) is 13.1 Å². The van der Waals surface area contributed by atoms with Crippen molar-refractivity contribution in [1.29, 1.82) is 0 Å². The van der Waals surface area contributed by atoms with Crippen LogP contribution in [-0.4, -0.2) is 9.52 Å². The normalized spacial score (nSPS) is 10.5. The van der Waals surface area contributed by atoms with Crippen molar-refractivity contribution in [3.05, 3.63) is 156 Å². The maximum atomic E-state index is 4.93. The van der Waals surface area contributed by atoms with E-state index in [0.717, 1.165) is 9.52 Å². The third kappa shape index (κ3) is 8.30. The minimum absolute atomic E-state index is 0.826. The molecule has 238 valence electrons. The molecule has 0 aromatic heterocycles. The summed E-state index contributed by atoms with van der Waals surface area (Å²) in [5.41, 5.74) is 10.6. The summed E-state index contributed by atoms with van der Waals surface area (Å²) in [6, 6.07) is 48.7. The van der Waals surface area contributed by atoms with Gasteiger partial charge in [0.25, 0.3) is 0 Å². The molecule has 0 bridgehead atoms. The van der Waals surface area contributed by atoms with Crippen LogP contribution in [0.25, 0.3) is 65.3 Å². The number of fused-ring (bicyclic) bond motifs is 4. The molecule has 4 heteroatoms. The van der Waals surface area contributed by atoms with Crippen molar-refractivity contribution in [3.8, 4) is 22.3 Å². The predicted octanol–water partition coefficient (Wildman–Crippen LogP) is 14.2. The van der Waals surface area contributed by atoms with Gasteiger partial charge >= 0.3 is 37.9 Å². The second-order valence-corrected chi connectivity index (χ2v) is 17.1. The summed E-state index contributed by atoms with van der Waals surface area (Å²) in [5.74, 6) is 0. The molecular formula is C44H40Cl2SiZr. The van der Waals surface area contributed by atoms with Gasteiger partial charge in [-0.2, -0.15) is 12.1 Å². The van der Waals surface area contributed by atoms with Crippen molar-refractivity contribution < 1.29 is 20.8 Å². The van der Waals surface area contributed by atoms with Gasteiger partial charge in [0.2, 0.25) is 0 Å². The van der Waals surface area contributed by atoms with E-state index in [-0.39, 0.29) is 0 Å². The van der Waals surface area contributed by atoms with Crippen molar-refractivity contribution >= 4 is 69.6 Å². The van der Waals surface area contributed by atoms with E-state index in [0.29, 0.717) is 0 Å². The van der Waals surface area contributed by atoms with Crippen LogP contribution in [0.3, 0.4) is 0 Å². The fourth-order valence-corrected chi connectivity index (χ4v) is 6.61. The van der Waals surface area contributed by atoms with Crippen LogP contribution in [-0.2, 0) is 20.8 Å². The molecule has 0 nitrogen and oxygen atoms in total. The molecule has 0 aliphatic rings. The molecule has 48 heavy (non-hydrogen) atoms. The van der Waals surface area contributed by atoms with Crippen molar-refractivity contribution in [1.82, 2.24) is 0 Å². The second-order valence-electron chi connectivity index (χ2n) is 12.3. The Balaban J connectivity index is 0.000000162. The quantitative estimate of drug-likeness (QED) is 0.122. The molecule has 8 aromatic carbocycles. The molecule has 8 aromatic rings. The summed E-state index contributed by atoms with van der Waals surface area (Å²) in [7, 11) is 11.0. The standard InChI is InChI=1S/2C21H17.C2H6Si.2ClH.Zr/c2*1-14-10-17-11-15(2)13-21(20(17)12-14)19-9-5-7-16-6-3-4-8-18(16)19;1-3-2;;;/h2*3-13H,1-2H3;1-2H3;2*1H;/q2*-1;;;;+4/p-2. The molecule has 0 fully saturated rings. The van der Waals surface area contributed by atoms with Crippen LogP contribution in [0.1, 0.15) is 22.3 Å². The summed E-state index contributed by atoms with van der Waals surface area (Å²) in [6.45, 7) is 13.0. The van der Waals surface area contributed by atoms with Gasteiger partial charge < -0.3 is 0 Å². The molecule has 0 unspecified atom stereocenters. The molecule has 0 aliphatic heterocycles. The Hall–Kier alpha value is -3.26. The minimum atomic E-state index is -0.826. The molecule has 0 atom stereocenters. The van der Waals surface area contributed by atoms with E-state index in [1.807, 2.05) is 0 Å². The monoisotopic (exact) mass is 756 g/mol. The number of benzene rings is 6. The number of hydrogen-bond acceptors (Lipinski definition) is 0. The van der Waals surface area contributed by atoms with E-state index >= 15 is 0 Å². The Bertz CT molecular complexity index is 2120. The topological polar surface area (TPSA) is 0 Å². The first-order valence-electron chi connectivity index (χ1n) is 16.1. The SMILES string of the molecule is C[Si]C.Cc1cc(-c2cccc3ccccc23)c2cc(C)[cH-]c2c1.Cc1cc(-c2cccc3ccccc23)c2cc(C)[cH-]c2c1.[Cl][Zr+2][Cl]. The number of rotatable bonds is 2. The van der Waals surface area contributed by atoms with Crippen LogP contribution >= 0.6 is 17.0 Å². The first-order valence-corrected chi connectivity index (χ1v) is 24.5. The van der Waals surface area contributed by atoms with Crippen LogP contribution in [0.5, 0.6) is 0 Å². The molecule has 0 aliphatic carbocycles. The molecule has 0 amide bonds. The van der Waals surface area contributed by atoms with E-state index < -0.39 is 20.8 Å². The second kappa shape index (κ2) is 16.9. The summed E-state index contributed by atoms with van der Waals surface area (Å²) >= 11 is -0.826. The third-order valence-electron chi connectivity index (χ3n) is 8.38. The van der Waals surface area contributed by atoms with Gasteiger partial charge in [-0.25, -0.2) is 0 Å². The van der Waals surface area contributed by atoms with Crippen LogP contribution in [0.4, 0.5) is 0 Å². The molecule has 0 heterocycles. The number of aryl methyl sites for hydroxylation is 4. The first kappa shape index (κ1) is 36.0. The summed E-state index contributed by atoms with van der Waals surface area (Å²) < 4.78 is 0. The Morgan fingerprint density at radius 3 is 1.21 bits per heavy atom. The maximum absolute atomic E-state index is 4.93.